The second-order valence-electron chi connectivity index (χ2n) is 2.99. The highest BCUT2D eigenvalue weighted by molar-refractivity contribution is 5.49. The summed E-state index contributed by atoms with van der Waals surface area (Å²) >= 11 is 0. The molecule has 11 heavy (non-hydrogen) atoms. The Balaban J connectivity index is 2.92. The van der Waals surface area contributed by atoms with Gasteiger partial charge in [0.15, 0.2) is 0 Å². The van der Waals surface area contributed by atoms with Gasteiger partial charge in [0.1, 0.15) is 6.29 Å². The Hall–Kier alpha value is -0.330. The van der Waals surface area contributed by atoms with Crippen LogP contribution < -0.4 is 0 Å². The lowest BCUT2D eigenvalue weighted by molar-refractivity contribution is -0.108. The van der Waals surface area contributed by atoms with E-state index in [-0.39, 0.29) is 12.3 Å². The van der Waals surface area contributed by atoms with E-state index in [9.17, 15) is 4.79 Å². The largest absolute Gasteiger partial charge is 0.303 e. The van der Waals surface area contributed by atoms with Crippen LogP contribution in [0, 0.1) is 11.8 Å². The second-order valence-corrected chi connectivity index (χ2v) is 2.99. The molecular formula is C10H18O. The van der Waals surface area contributed by atoms with Crippen LogP contribution in [-0.4, -0.2) is 6.29 Å². The van der Waals surface area contributed by atoms with E-state index in [1.165, 1.54) is 0 Å². The summed E-state index contributed by atoms with van der Waals surface area (Å²) in [4.78, 5) is 10.5. The number of carbonyl (C=O) groups excluding carboxylic acids is 1. The average Bonchev–Trinajstić information content (AvgIpc) is 2.16. The third-order valence-corrected chi connectivity index (χ3v) is 2.19. The van der Waals surface area contributed by atoms with Crippen molar-refractivity contribution in [2.45, 2.75) is 45.4 Å². The summed E-state index contributed by atoms with van der Waals surface area (Å²) in [5, 5.41) is 0. The molecule has 0 saturated heterocycles. The van der Waals surface area contributed by atoms with Gasteiger partial charge in [-0.1, -0.05) is 26.2 Å². The number of aldehydes is 1. The Labute approximate surface area is 74.8 Å². The summed E-state index contributed by atoms with van der Waals surface area (Å²) in [7, 11) is 0. The highest BCUT2D eigenvalue weighted by Gasteiger charge is 2.18. The lowest BCUT2D eigenvalue weighted by Crippen LogP contribution is -2.13. The van der Waals surface area contributed by atoms with Crippen LogP contribution >= 0.6 is 0 Å². The maximum Gasteiger partial charge on any atom is 0.120 e. The Kier molecular flexibility index (Phi) is 1.91. The fraction of sp³-hybridized carbons (Fsp3) is 0.900. The van der Waals surface area contributed by atoms with E-state index >= 15 is 0 Å². The van der Waals surface area contributed by atoms with Crippen molar-refractivity contribution in [1.29, 1.82) is 0 Å². The quantitative estimate of drug-likeness (QED) is 0.577. The second kappa shape index (κ2) is 4.53. The van der Waals surface area contributed by atoms with Crippen LogP contribution in [0.25, 0.3) is 0 Å². The summed E-state index contributed by atoms with van der Waals surface area (Å²) in [5.41, 5.74) is 0. The fourth-order valence-corrected chi connectivity index (χ4v) is 1.33. The van der Waals surface area contributed by atoms with Crippen molar-refractivity contribution in [2.75, 3.05) is 0 Å². The Bertz CT molecular complexity index is 244. The minimum atomic E-state index is -1.88. The summed E-state index contributed by atoms with van der Waals surface area (Å²) in [5.74, 6) is -1.38. The minimum Gasteiger partial charge on any atom is -0.303 e. The number of rotatable bonds is 3. The normalized spacial score (nSPS) is 55.0. The van der Waals surface area contributed by atoms with Gasteiger partial charge in [-0.15, -0.1) is 0 Å². The van der Waals surface area contributed by atoms with Crippen molar-refractivity contribution in [2.24, 2.45) is 11.8 Å². The molecule has 0 aromatic carbocycles. The minimum absolute atomic E-state index is 0.0186. The molecule has 0 spiro atoms. The molecule has 0 aromatic heterocycles. The van der Waals surface area contributed by atoms with Gasteiger partial charge < -0.3 is 4.79 Å². The van der Waals surface area contributed by atoms with Crippen LogP contribution in [0.3, 0.4) is 0 Å². The zero-order valence-corrected chi connectivity index (χ0v) is 6.97. The highest BCUT2D eigenvalue weighted by Crippen LogP contribution is 2.31. The van der Waals surface area contributed by atoms with Crippen LogP contribution in [0.5, 0.6) is 0 Å². The van der Waals surface area contributed by atoms with Gasteiger partial charge in [-0.3, -0.25) is 0 Å². The zero-order chi connectivity index (χ0) is 11.7. The van der Waals surface area contributed by atoms with Crippen molar-refractivity contribution in [1.82, 2.24) is 0 Å². The van der Waals surface area contributed by atoms with Crippen LogP contribution in [-0.2, 0) is 4.79 Å². The molecule has 0 amide bonds. The van der Waals surface area contributed by atoms with Gasteiger partial charge in [0.25, 0.3) is 0 Å². The van der Waals surface area contributed by atoms with E-state index in [2.05, 4.69) is 0 Å². The number of hydrogen-bond donors (Lipinski definition) is 0. The molecule has 0 N–H and O–H groups in total. The first-order chi connectivity index (χ1) is 6.89. The topological polar surface area (TPSA) is 17.1 Å². The molecule has 1 rings (SSSR count). The van der Waals surface area contributed by atoms with Crippen molar-refractivity contribution in [3.8, 4) is 0 Å². The molecular weight excluding hydrogens is 136 g/mol. The molecule has 0 aliphatic heterocycles. The average molecular weight is 158 g/mol. The molecule has 0 radical (unpaired) electrons. The Morgan fingerprint density at radius 2 is 2.55 bits per heavy atom. The fourth-order valence-electron chi connectivity index (χ4n) is 1.33. The molecule has 1 heteroatoms. The zero-order valence-electron chi connectivity index (χ0n) is 11.0. The van der Waals surface area contributed by atoms with Gasteiger partial charge in [-0.25, -0.2) is 0 Å². The van der Waals surface area contributed by atoms with E-state index in [1.54, 1.807) is 0 Å². The van der Waals surface area contributed by atoms with Gasteiger partial charge in [0.05, 0.1) is 0 Å². The van der Waals surface area contributed by atoms with E-state index in [1.807, 2.05) is 6.92 Å². The van der Waals surface area contributed by atoms with E-state index in [4.69, 9.17) is 5.48 Å². The molecule has 0 aromatic rings. The summed E-state index contributed by atoms with van der Waals surface area (Å²) in [6.45, 7) is 1.94. The molecule has 1 unspecified atom stereocenters. The summed E-state index contributed by atoms with van der Waals surface area (Å²) in [6.07, 6.45) is -0.435. The molecule has 1 aliphatic rings. The van der Waals surface area contributed by atoms with Gasteiger partial charge in [-0.2, -0.15) is 0 Å². The van der Waals surface area contributed by atoms with Crippen LogP contribution in [0.4, 0.5) is 0 Å². The third kappa shape index (κ3) is 2.64. The molecule has 3 atom stereocenters. The maximum atomic E-state index is 10.5. The van der Waals surface area contributed by atoms with Crippen LogP contribution in [0.1, 0.15) is 50.9 Å². The molecule has 1 nitrogen and oxygen atoms in total. The lowest BCUT2D eigenvalue weighted by atomic mass is 9.80. The van der Waals surface area contributed by atoms with Crippen LogP contribution in [0.15, 0.2) is 0 Å². The SMILES string of the molecule is [2H]C1[C@@H](CC)CC[C@]([2H])(CC=O)C1([2H])[2H]. The van der Waals surface area contributed by atoms with Crippen molar-refractivity contribution in [3.63, 3.8) is 0 Å². The molecule has 64 valence electrons. The first-order valence-electron chi connectivity index (χ1n) is 6.32. The summed E-state index contributed by atoms with van der Waals surface area (Å²) < 4.78 is 31.6. The Morgan fingerprint density at radius 1 is 1.73 bits per heavy atom. The number of carbonyl (C=O) groups is 1. The van der Waals surface area contributed by atoms with Gasteiger partial charge in [0, 0.05) is 11.9 Å². The number of hydrogen-bond acceptors (Lipinski definition) is 1. The monoisotopic (exact) mass is 158 g/mol. The molecule has 1 aliphatic carbocycles. The standard InChI is InChI=1S/C10H18O/c1-2-9-3-5-10(6-4-9)7-8-11/h8-10H,2-7H2,1H3/t9-,10-/i3D,5D2,10D/t3?,9-,10-/m1/s1. The molecule has 0 heterocycles. The van der Waals surface area contributed by atoms with Crippen LogP contribution in [0.2, 0.25) is 0 Å². The highest BCUT2D eigenvalue weighted by atomic mass is 16.1. The van der Waals surface area contributed by atoms with Gasteiger partial charge in [-0.05, 0) is 24.6 Å². The predicted molar refractivity (Wildman–Crippen MR) is 46.4 cm³/mol. The van der Waals surface area contributed by atoms with E-state index in [0.717, 1.165) is 6.42 Å². The predicted octanol–water partition coefficient (Wildman–Crippen LogP) is 2.79. The van der Waals surface area contributed by atoms with Crippen molar-refractivity contribution in [3.05, 3.63) is 0 Å². The lowest BCUT2D eigenvalue weighted by Gasteiger charge is -2.26. The van der Waals surface area contributed by atoms with Crippen molar-refractivity contribution >= 4 is 6.29 Å². The van der Waals surface area contributed by atoms with E-state index in [0.29, 0.717) is 19.1 Å². The smallest absolute Gasteiger partial charge is 0.120 e. The van der Waals surface area contributed by atoms with Gasteiger partial charge >= 0.3 is 0 Å². The molecule has 1 fully saturated rings. The first kappa shape index (κ1) is 4.64. The third-order valence-electron chi connectivity index (χ3n) is 2.19. The molecule has 0 bridgehead atoms. The van der Waals surface area contributed by atoms with Gasteiger partial charge in [0.2, 0.25) is 0 Å². The van der Waals surface area contributed by atoms with Crippen molar-refractivity contribution < 1.29 is 10.3 Å². The summed E-state index contributed by atoms with van der Waals surface area (Å²) in [6, 6.07) is 0. The van der Waals surface area contributed by atoms with E-state index < -0.39 is 18.7 Å². The first-order valence-corrected chi connectivity index (χ1v) is 4.25. The molecule has 1 saturated carbocycles. The maximum absolute atomic E-state index is 10.5. The Morgan fingerprint density at radius 3 is 3.18 bits per heavy atom.